The molecular formula is C26H24O10. The van der Waals surface area contributed by atoms with E-state index < -0.39 is 23.9 Å². The second-order valence-corrected chi connectivity index (χ2v) is 6.82. The van der Waals surface area contributed by atoms with Gasteiger partial charge in [-0.2, -0.15) is 0 Å². The van der Waals surface area contributed by atoms with E-state index in [0.717, 1.165) is 11.1 Å². The third kappa shape index (κ3) is 10.4. The third-order valence-electron chi connectivity index (χ3n) is 4.26. The van der Waals surface area contributed by atoms with Crippen molar-refractivity contribution in [1.82, 2.24) is 0 Å². The molecule has 3 rings (SSSR count). The molecule has 0 amide bonds. The Balaban J connectivity index is 0.000000343. The molecule has 0 saturated carbocycles. The van der Waals surface area contributed by atoms with Crippen molar-refractivity contribution in [1.29, 1.82) is 0 Å². The van der Waals surface area contributed by atoms with Gasteiger partial charge >= 0.3 is 23.9 Å². The molecular weight excluding hydrogens is 472 g/mol. The van der Waals surface area contributed by atoms with Crippen LogP contribution in [0.5, 0.6) is 0 Å². The largest absolute Gasteiger partial charge is 0.478 e. The molecule has 0 spiro atoms. The molecule has 0 fully saturated rings. The van der Waals surface area contributed by atoms with Crippen molar-refractivity contribution >= 4 is 36.0 Å². The highest BCUT2D eigenvalue weighted by molar-refractivity contribution is 5.91. The summed E-state index contributed by atoms with van der Waals surface area (Å²) in [6.45, 7) is -0.250. The van der Waals surface area contributed by atoms with Gasteiger partial charge in [0.25, 0.3) is 0 Å². The molecule has 3 aromatic rings. The molecule has 10 heteroatoms. The molecule has 0 aliphatic carbocycles. The van der Waals surface area contributed by atoms with Crippen LogP contribution < -0.4 is 0 Å². The number of aliphatic hydroxyl groups is 2. The summed E-state index contributed by atoms with van der Waals surface area (Å²) in [6.07, 6.45) is 3.67. The van der Waals surface area contributed by atoms with Gasteiger partial charge in [0, 0.05) is 0 Å². The number of aliphatic hydroxyl groups excluding tert-OH is 2. The van der Waals surface area contributed by atoms with Crippen molar-refractivity contribution in [3.63, 3.8) is 0 Å². The minimum Gasteiger partial charge on any atom is -0.478 e. The fraction of sp³-hybridized carbons (Fsp3) is 0.0769. The Labute approximate surface area is 205 Å². The fourth-order valence-electron chi connectivity index (χ4n) is 2.42. The second-order valence-electron chi connectivity index (χ2n) is 6.82. The first-order valence-corrected chi connectivity index (χ1v) is 10.2. The van der Waals surface area contributed by atoms with E-state index in [9.17, 15) is 19.2 Å². The lowest BCUT2D eigenvalue weighted by molar-refractivity contribution is 0.0681. The summed E-state index contributed by atoms with van der Waals surface area (Å²) in [4.78, 5) is 42.1. The first kappa shape index (κ1) is 29.2. The van der Waals surface area contributed by atoms with Gasteiger partial charge in [0.2, 0.25) is 0 Å². The molecule has 0 atom stereocenters. The molecule has 188 valence electrons. The van der Waals surface area contributed by atoms with E-state index in [1.54, 1.807) is 24.3 Å². The monoisotopic (exact) mass is 496 g/mol. The molecule has 6 N–H and O–H groups in total. The molecule has 0 aromatic heterocycles. The lowest BCUT2D eigenvalue weighted by Gasteiger charge is -1.97. The standard InChI is InChI=1S/C16H12O4.C8H6O4.C2H6O2/c17-15(18)13-7-3-11(4-8-13)1-2-12-5-9-14(10-6-12)16(19)20;9-7(10)5-1-2-6(4-3-5)8(11)12;3-1-2-4/h1-10H,(H,17,18)(H,19,20);1-4H,(H,9,10)(H,11,12);3-4H,1-2H2/b2-1+;;. The molecule has 36 heavy (non-hydrogen) atoms. The van der Waals surface area contributed by atoms with Crippen molar-refractivity contribution in [3.05, 3.63) is 106 Å². The van der Waals surface area contributed by atoms with Gasteiger partial charge < -0.3 is 30.6 Å². The lowest BCUT2D eigenvalue weighted by Crippen LogP contribution is -1.99. The van der Waals surface area contributed by atoms with Crippen molar-refractivity contribution in [2.24, 2.45) is 0 Å². The smallest absolute Gasteiger partial charge is 0.335 e. The van der Waals surface area contributed by atoms with Gasteiger partial charge in [-0.05, 0) is 59.7 Å². The minimum atomic E-state index is -1.06. The van der Waals surface area contributed by atoms with Gasteiger partial charge in [-0.3, -0.25) is 0 Å². The van der Waals surface area contributed by atoms with Gasteiger partial charge in [0.15, 0.2) is 0 Å². The van der Waals surface area contributed by atoms with Crippen LogP contribution in [0.2, 0.25) is 0 Å². The van der Waals surface area contributed by atoms with Gasteiger partial charge in [0.1, 0.15) is 0 Å². The molecule has 0 radical (unpaired) electrons. The van der Waals surface area contributed by atoms with Crippen molar-refractivity contribution < 1.29 is 49.8 Å². The first-order chi connectivity index (χ1) is 17.1. The Morgan fingerprint density at radius 1 is 0.444 bits per heavy atom. The minimum absolute atomic E-state index is 0.0833. The molecule has 0 aliphatic heterocycles. The van der Waals surface area contributed by atoms with E-state index in [2.05, 4.69) is 0 Å². The molecule has 0 saturated heterocycles. The van der Waals surface area contributed by atoms with Gasteiger partial charge in [-0.1, -0.05) is 36.4 Å². The average Bonchev–Trinajstić information content (AvgIpc) is 2.88. The highest BCUT2D eigenvalue weighted by atomic mass is 16.4. The van der Waals surface area contributed by atoms with Crippen molar-refractivity contribution in [2.45, 2.75) is 0 Å². The lowest BCUT2D eigenvalue weighted by atomic mass is 10.1. The molecule has 0 bridgehead atoms. The summed E-state index contributed by atoms with van der Waals surface area (Å²) in [5.41, 5.74) is 2.40. The zero-order valence-electron chi connectivity index (χ0n) is 18.8. The van der Waals surface area contributed by atoms with Crippen LogP contribution in [0.3, 0.4) is 0 Å². The Kier molecular flexibility index (Phi) is 12.3. The van der Waals surface area contributed by atoms with Crippen LogP contribution in [0.1, 0.15) is 52.6 Å². The number of carboxylic acids is 4. The van der Waals surface area contributed by atoms with Crippen LogP contribution in [0.25, 0.3) is 12.2 Å². The van der Waals surface area contributed by atoms with Crippen molar-refractivity contribution in [3.8, 4) is 0 Å². The predicted octanol–water partition coefficient (Wildman–Crippen LogP) is 3.31. The SMILES string of the molecule is O=C(O)c1ccc(/C=C/c2ccc(C(=O)O)cc2)cc1.O=C(O)c1ccc(C(=O)O)cc1.OCCO. The number of benzene rings is 3. The van der Waals surface area contributed by atoms with E-state index in [1.165, 1.54) is 48.5 Å². The number of carbonyl (C=O) groups is 4. The number of hydrogen-bond acceptors (Lipinski definition) is 6. The normalized spacial score (nSPS) is 9.83. The van der Waals surface area contributed by atoms with Crippen LogP contribution in [-0.4, -0.2) is 67.7 Å². The zero-order chi connectivity index (χ0) is 27.1. The van der Waals surface area contributed by atoms with Crippen LogP contribution in [0, 0.1) is 0 Å². The summed E-state index contributed by atoms with van der Waals surface area (Å²) < 4.78 is 0. The molecule has 10 nitrogen and oxygen atoms in total. The Hall–Kier alpha value is -4.80. The fourth-order valence-corrected chi connectivity index (χ4v) is 2.42. The van der Waals surface area contributed by atoms with Crippen molar-refractivity contribution in [2.75, 3.05) is 13.2 Å². The van der Waals surface area contributed by atoms with E-state index in [4.69, 9.17) is 30.6 Å². The second kappa shape index (κ2) is 15.2. The molecule has 0 aliphatic rings. The van der Waals surface area contributed by atoms with E-state index in [1.807, 2.05) is 12.2 Å². The highest BCUT2D eigenvalue weighted by Gasteiger charge is 2.05. The Morgan fingerprint density at radius 2 is 0.639 bits per heavy atom. The molecule has 0 heterocycles. The first-order valence-electron chi connectivity index (χ1n) is 10.2. The van der Waals surface area contributed by atoms with Crippen LogP contribution >= 0.6 is 0 Å². The van der Waals surface area contributed by atoms with E-state index in [-0.39, 0.29) is 35.5 Å². The highest BCUT2D eigenvalue weighted by Crippen LogP contribution is 2.11. The van der Waals surface area contributed by atoms with E-state index in [0.29, 0.717) is 0 Å². The van der Waals surface area contributed by atoms with Crippen LogP contribution in [0.4, 0.5) is 0 Å². The predicted molar refractivity (Wildman–Crippen MR) is 130 cm³/mol. The van der Waals surface area contributed by atoms with Gasteiger partial charge in [-0.15, -0.1) is 0 Å². The summed E-state index contributed by atoms with van der Waals surface area (Å²) in [5.74, 6) is -4.03. The Morgan fingerprint density at radius 3 is 0.806 bits per heavy atom. The average molecular weight is 496 g/mol. The molecule has 3 aromatic carbocycles. The number of carboxylic acid groups (broad SMARTS) is 4. The molecule has 0 unspecified atom stereocenters. The third-order valence-corrected chi connectivity index (χ3v) is 4.26. The summed E-state index contributed by atoms with van der Waals surface area (Å²) >= 11 is 0. The number of rotatable bonds is 7. The number of hydrogen-bond donors (Lipinski definition) is 6. The quantitative estimate of drug-likeness (QED) is 0.265. The van der Waals surface area contributed by atoms with Gasteiger partial charge in [0.05, 0.1) is 35.5 Å². The summed E-state index contributed by atoms with van der Waals surface area (Å²) in [5, 5.41) is 49.8. The summed E-state index contributed by atoms with van der Waals surface area (Å²) in [6, 6.07) is 18.0. The van der Waals surface area contributed by atoms with Gasteiger partial charge in [-0.25, -0.2) is 19.2 Å². The summed E-state index contributed by atoms with van der Waals surface area (Å²) in [7, 11) is 0. The van der Waals surface area contributed by atoms with Crippen LogP contribution in [-0.2, 0) is 0 Å². The number of aromatic carboxylic acids is 4. The maximum absolute atomic E-state index is 10.7. The van der Waals surface area contributed by atoms with E-state index >= 15 is 0 Å². The maximum Gasteiger partial charge on any atom is 0.335 e. The van der Waals surface area contributed by atoms with Crippen LogP contribution in [0.15, 0.2) is 72.8 Å². The maximum atomic E-state index is 10.7. The topological polar surface area (TPSA) is 190 Å². The Bertz CT molecular complexity index is 1080. The zero-order valence-corrected chi connectivity index (χ0v) is 18.8.